The zero-order chi connectivity index (χ0) is 24.8. The van der Waals surface area contributed by atoms with Gasteiger partial charge < -0.3 is 9.47 Å². The number of hydrogen-bond acceptors (Lipinski definition) is 5. The number of ether oxygens (including phenoxy) is 2. The molecular formula is C27H23ClN2O5. The average Bonchev–Trinajstić information content (AvgIpc) is 2.86. The molecule has 3 aromatic carbocycles. The second-order valence-electron chi connectivity index (χ2n) is 7.76. The minimum atomic E-state index is -0.830. The van der Waals surface area contributed by atoms with Crippen LogP contribution in [-0.2, 0) is 16.2 Å². The molecule has 0 unspecified atom stereocenters. The van der Waals surface area contributed by atoms with Crippen molar-refractivity contribution in [1.29, 1.82) is 0 Å². The summed E-state index contributed by atoms with van der Waals surface area (Å²) in [4.78, 5) is 39.2. The minimum absolute atomic E-state index is 0.211. The van der Waals surface area contributed by atoms with Crippen LogP contribution >= 0.6 is 11.6 Å². The Hall–Kier alpha value is -4.10. The lowest BCUT2D eigenvalue weighted by Gasteiger charge is -2.26. The fraction of sp³-hybridized carbons (Fsp3) is 0.148. The van der Waals surface area contributed by atoms with Crippen LogP contribution in [0.15, 0.2) is 78.4 Å². The van der Waals surface area contributed by atoms with Crippen molar-refractivity contribution in [2.45, 2.75) is 20.0 Å². The predicted molar refractivity (Wildman–Crippen MR) is 133 cm³/mol. The Morgan fingerprint density at radius 1 is 0.943 bits per heavy atom. The normalized spacial score (nSPS) is 14.7. The summed E-state index contributed by atoms with van der Waals surface area (Å²) >= 11 is 6.12. The van der Waals surface area contributed by atoms with Crippen LogP contribution in [0.1, 0.15) is 24.5 Å². The van der Waals surface area contributed by atoms with Gasteiger partial charge in [0.25, 0.3) is 11.8 Å². The van der Waals surface area contributed by atoms with E-state index in [1.807, 2.05) is 37.3 Å². The summed E-state index contributed by atoms with van der Waals surface area (Å²) in [5, 5.41) is 2.64. The molecule has 1 aliphatic rings. The number of carbonyl (C=O) groups is 3. The van der Waals surface area contributed by atoms with E-state index >= 15 is 0 Å². The number of anilines is 1. The first-order valence-electron chi connectivity index (χ1n) is 11.1. The smallest absolute Gasteiger partial charge is 0.335 e. The summed E-state index contributed by atoms with van der Waals surface area (Å²) in [6.45, 7) is 2.81. The molecule has 1 heterocycles. The minimum Gasteiger partial charge on any atom is -0.493 e. The fourth-order valence-corrected chi connectivity index (χ4v) is 3.64. The summed E-state index contributed by atoms with van der Waals surface area (Å²) in [7, 11) is 0. The van der Waals surface area contributed by atoms with Gasteiger partial charge in [-0.25, -0.2) is 9.69 Å². The number of carbonyl (C=O) groups excluding carboxylic acids is 3. The third-order valence-electron chi connectivity index (χ3n) is 5.18. The molecule has 1 aliphatic heterocycles. The van der Waals surface area contributed by atoms with Gasteiger partial charge in [-0.1, -0.05) is 48.9 Å². The number of imide groups is 2. The number of urea groups is 1. The zero-order valence-electron chi connectivity index (χ0n) is 19.0. The van der Waals surface area contributed by atoms with Gasteiger partial charge in [0, 0.05) is 10.6 Å². The molecule has 0 saturated carbocycles. The molecule has 7 nitrogen and oxygen atoms in total. The third-order valence-corrected chi connectivity index (χ3v) is 5.41. The quantitative estimate of drug-likeness (QED) is 0.339. The van der Waals surface area contributed by atoms with E-state index in [2.05, 4.69) is 5.32 Å². The van der Waals surface area contributed by atoms with Gasteiger partial charge in [0.1, 0.15) is 23.7 Å². The molecule has 178 valence electrons. The van der Waals surface area contributed by atoms with Crippen molar-refractivity contribution in [3.63, 3.8) is 0 Å². The molecule has 0 radical (unpaired) electrons. The molecule has 0 bridgehead atoms. The second kappa shape index (κ2) is 10.9. The first kappa shape index (κ1) is 24.0. The van der Waals surface area contributed by atoms with Gasteiger partial charge in [0.15, 0.2) is 0 Å². The van der Waals surface area contributed by atoms with E-state index in [9.17, 15) is 14.4 Å². The number of nitrogens with one attached hydrogen (secondary N) is 1. The molecule has 1 saturated heterocycles. The Kier molecular flexibility index (Phi) is 7.48. The topological polar surface area (TPSA) is 84.9 Å². The van der Waals surface area contributed by atoms with Gasteiger partial charge in [0.05, 0.1) is 12.3 Å². The Morgan fingerprint density at radius 3 is 2.40 bits per heavy atom. The number of nitrogens with zero attached hydrogens (tertiary/aromatic N) is 1. The van der Waals surface area contributed by atoms with E-state index in [4.69, 9.17) is 21.1 Å². The molecule has 1 N–H and O–H groups in total. The number of rotatable bonds is 8. The standard InChI is InChI=1S/C27H23ClN2O5/c1-2-14-34-24-13-8-20(28)15-19(24)16-23-25(31)29-27(33)30(26(23)32)21-9-11-22(12-10-21)35-17-18-6-4-3-5-7-18/h3-13,15-16H,2,14,17H2,1H3,(H,29,31,33)/b23-16+. The largest absolute Gasteiger partial charge is 0.493 e. The maximum Gasteiger partial charge on any atom is 0.335 e. The zero-order valence-corrected chi connectivity index (χ0v) is 19.7. The lowest BCUT2D eigenvalue weighted by atomic mass is 10.1. The van der Waals surface area contributed by atoms with Gasteiger partial charge in [-0.2, -0.15) is 0 Å². The first-order valence-corrected chi connectivity index (χ1v) is 11.4. The van der Waals surface area contributed by atoms with Crippen LogP contribution in [0.25, 0.3) is 6.08 Å². The van der Waals surface area contributed by atoms with Crippen molar-refractivity contribution < 1.29 is 23.9 Å². The lowest BCUT2D eigenvalue weighted by Crippen LogP contribution is -2.54. The van der Waals surface area contributed by atoms with Crippen LogP contribution in [0, 0.1) is 0 Å². The maximum atomic E-state index is 13.2. The first-order chi connectivity index (χ1) is 17.0. The van der Waals surface area contributed by atoms with Crippen molar-refractivity contribution in [2.75, 3.05) is 11.5 Å². The van der Waals surface area contributed by atoms with Crippen LogP contribution in [0.3, 0.4) is 0 Å². The molecule has 0 atom stereocenters. The monoisotopic (exact) mass is 490 g/mol. The number of hydrogen-bond donors (Lipinski definition) is 1. The molecule has 0 aliphatic carbocycles. The highest BCUT2D eigenvalue weighted by atomic mass is 35.5. The van der Waals surface area contributed by atoms with Crippen LogP contribution in [-0.4, -0.2) is 24.5 Å². The van der Waals surface area contributed by atoms with E-state index in [1.165, 1.54) is 6.08 Å². The van der Waals surface area contributed by atoms with Gasteiger partial charge in [0.2, 0.25) is 0 Å². The van der Waals surface area contributed by atoms with Crippen molar-refractivity contribution >= 4 is 41.2 Å². The highest BCUT2D eigenvalue weighted by Gasteiger charge is 2.37. The highest BCUT2D eigenvalue weighted by Crippen LogP contribution is 2.29. The Bertz CT molecular complexity index is 1270. The lowest BCUT2D eigenvalue weighted by molar-refractivity contribution is -0.122. The summed E-state index contributed by atoms with van der Waals surface area (Å²) in [6.07, 6.45) is 2.16. The molecule has 1 fully saturated rings. The summed E-state index contributed by atoms with van der Waals surface area (Å²) in [5.41, 5.74) is 1.56. The van der Waals surface area contributed by atoms with Crippen LogP contribution in [0.4, 0.5) is 10.5 Å². The molecular weight excluding hydrogens is 468 g/mol. The predicted octanol–water partition coefficient (Wildman–Crippen LogP) is 5.37. The molecule has 3 aromatic rings. The van der Waals surface area contributed by atoms with Gasteiger partial charge in [-0.3, -0.25) is 14.9 Å². The van der Waals surface area contributed by atoms with Crippen LogP contribution in [0.2, 0.25) is 5.02 Å². The van der Waals surface area contributed by atoms with Crippen molar-refractivity contribution in [1.82, 2.24) is 5.32 Å². The van der Waals surface area contributed by atoms with Gasteiger partial charge in [-0.15, -0.1) is 0 Å². The highest BCUT2D eigenvalue weighted by molar-refractivity contribution is 6.39. The van der Waals surface area contributed by atoms with Crippen molar-refractivity contribution in [3.05, 3.63) is 94.5 Å². The Balaban J connectivity index is 1.57. The van der Waals surface area contributed by atoms with E-state index in [1.54, 1.807) is 42.5 Å². The van der Waals surface area contributed by atoms with E-state index in [-0.39, 0.29) is 5.57 Å². The third kappa shape index (κ3) is 5.70. The molecule has 0 aromatic heterocycles. The summed E-state index contributed by atoms with van der Waals surface area (Å²) in [6, 6.07) is 20.3. The van der Waals surface area contributed by atoms with Gasteiger partial charge in [-0.05, 0) is 60.5 Å². The van der Waals surface area contributed by atoms with Crippen molar-refractivity contribution in [2.24, 2.45) is 0 Å². The fourth-order valence-electron chi connectivity index (χ4n) is 3.46. The Labute approximate surface area is 207 Å². The summed E-state index contributed by atoms with van der Waals surface area (Å²) in [5.74, 6) is -0.489. The summed E-state index contributed by atoms with van der Waals surface area (Å²) < 4.78 is 11.5. The molecule has 0 spiro atoms. The van der Waals surface area contributed by atoms with Crippen LogP contribution < -0.4 is 19.7 Å². The van der Waals surface area contributed by atoms with E-state index in [0.29, 0.717) is 41.0 Å². The van der Waals surface area contributed by atoms with E-state index in [0.717, 1.165) is 16.9 Å². The Morgan fingerprint density at radius 2 is 1.69 bits per heavy atom. The SMILES string of the molecule is CCCOc1ccc(Cl)cc1/C=C1\C(=O)NC(=O)N(c2ccc(OCc3ccccc3)cc2)C1=O. The average molecular weight is 491 g/mol. The number of benzene rings is 3. The molecule has 8 heteroatoms. The molecule has 35 heavy (non-hydrogen) atoms. The number of amides is 4. The number of halogens is 1. The molecule has 4 rings (SSSR count). The van der Waals surface area contributed by atoms with E-state index < -0.39 is 17.8 Å². The van der Waals surface area contributed by atoms with Crippen LogP contribution in [0.5, 0.6) is 11.5 Å². The number of barbiturate groups is 1. The molecule has 4 amide bonds. The van der Waals surface area contributed by atoms with Crippen molar-refractivity contribution in [3.8, 4) is 11.5 Å². The van der Waals surface area contributed by atoms with Gasteiger partial charge >= 0.3 is 6.03 Å². The second-order valence-corrected chi connectivity index (χ2v) is 8.19. The maximum absolute atomic E-state index is 13.2.